The molecular formula is C42H32N2O4. The molecule has 0 fully saturated rings. The van der Waals surface area contributed by atoms with E-state index in [0.29, 0.717) is 55.6 Å². The molecule has 6 heteroatoms. The van der Waals surface area contributed by atoms with E-state index in [-0.39, 0.29) is 23.1 Å². The Labute approximate surface area is 279 Å². The van der Waals surface area contributed by atoms with E-state index in [9.17, 15) is 19.2 Å². The lowest BCUT2D eigenvalue weighted by molar-refractivity contribution is 0.102. The largest absolute Gasteiger partial charge is 0.289 e. The highest BCUT2D eigenvalue weighted by Gasteiger charge is 2.24. The summed E-state index contributed by atoms with van der Waals surface area (Å²) in [6.07, 6.45) is 0. The van der Waals surface area contributed by atoms with Crippen LogP contribution in [0.4, 0.5) is 0 Å². The van der Waals surface area contributed by atoms with Crippen LogP contribution in [-0.2, 0) is 0 Å². The van der Waals surface area contributed by atoms with Crippen LogP contribution in [0.25, 0.3) is 0 Å². The quantitative estimate of drug-likeness (QED) is 0.108. The summed E-state index contributed by atoms with van der Waals surface area (Å²) in [5.41, 5.74) is 10.7. The van der Waals surface area contributed by atoms with Crippen LogP contribution in [0.5, 0.6) is 0 Å². The third-order valence-electron chi connectivity index (χ3n) is 8.06. The molecular weight excluding hydrogens is 596 g/mol. The maximum Gasteiger partial charge on any atom is 0.193 e. The second kappa shape index (κ2) is 14.6. The lowest BCUT2D eigenvalue weighted by Gasteiger charge is -2.22. The SMILES string of the molecule is CNNC(c1cc(C(=O)c2ccccc2)cc(C(=O)c2ccccc2)c1)c1cc(C(=O)c2ccccc2)cc(C(=O)c2ccccc2)c1. The average molecular weight is 629 g/mol. The first-order valence-electron chi connectivity index (χ1n) is 15.5. The highest BCUT2D eigenvalue weighted by Crippen LogP contribution is 2.29. The van der Waals surface area contributed by atoms with Gasteiger partial charge in [-0.25, -0.2) is 5.43 Å². The van der Waals surface area contributed by atoms with Crippen LogP contribution >= 0.6 is 0 Å². The molecule has 6 rings (SSSR count). The molecule has 48 heavy (non-hydrogen) atoms. The first-order valence-corrected chi connectivity index (χ1v) is 15.5. The van der Waals surface area contributed by atoms with Crippen molar-refractivity contribution in [3.8, 4) is 0 Å². The number of benzene rings is 6. The summed E-state index contributed by atoms with van der Waals surface area (Å²) in [5, 5.41) is 0. The standard InChI is InChI=1S/C42H32N2O4/c1-43-44-38(32-22-34(39(45)28-14-6-2-7-15-28)26-35(23-32)40(46)29-16-8-3-9-17-29)33-24-36(41(47)30-18-10-4-11-19-30)27-37(25-33)42(48)31-20-12-5-13-21-31/h2-27,38,43-44H,1H3. The molecule has 0 aliphatic rings. The highest BCUT2D eigenvalue weighted by atomic mass is 16.1. The molecule has 6 nitrogen and oxygen atoms in total. The summed E-state index contributed by atoms with van der Waals surface area (Å²) in [6.45, 7) is 0. The van der Waals surface area contributed by atoms with Gasteiger partial charge in [-0.3, -0.25) is 24.6 Å². The molecule has 0 aliphatic carbocycles. The van der Waals surface area contributed by atoms with Gasteiger partial charge in [0.25, 0.3) is 0 Å². The Kier molecular flexibility index (Phi) is 9.67. The Morgan fingerprint density at radius 2 is 0.625 bits per heavy atom. The molecule has 0 radical (unpaired) electrons. The number of hydrogen-bond donors (Lipinski definition) is 2. The van der Waals surface area contributed by atoms with Crippen LogP contribution in [0.3, 0.4) is 0 Å². The molecule has 0 aliphatic heterocycles. The number of hydrazine groups is 1. The summed E-state index contributed by atoms with van der Waals surface area (Å²) >= 11 is 0. The van der Waals surface area contributed by atoms with Crippen molar-refractivity contribution in [1.82, 2.24) is 10.9 Å². The predicted molar refractivity (Wildman–Crippen MR) is 186 cm³/mol. The van der Waals surface area contributed by atoms with Gasteiger partial charge in [0, 0.05) is 44.5 Å². The highest BCUT2D eigenvalue weighted by molar-refractivity contribution is 6.14. The summed E-state index contributed by atoms with van der Waals surface area (Å²) in [6, 6.07) is 45.1. The predicted octanol–water partition coefficient (Wildman–Crippen LogP) is 7.42. The molecule has 0 saturated carbocycles. The van der Waals surface area contributed by atoms with Crippen molar-refractivity contribution in [2.75, 3.05) is 7.05 Å². The summed E-state index contributed by atoms with van der Waals surface area (Å²) < 4.78 is 0. The fourth-order valence-corrected chi connectivity index (χ4v) is 5.69. The van der Waals surface area contributed by atoms with Gasteiger partial charge in [-0.2, -0.15) is 0 Å². The van der Waals surface area contributed by atoms with Gasteiger partial charge in [-0.05, 0) is 54.6 Å². The van der Waals surface area contributed by atoms with Crippen molar-refractivity contribution in [1.29, 1.82) is 0 Å². The van der Waals surface area contributed by atoms with Gasteiger partial charge in [0.05, 0.1) is 6.04 Å². The van der Waals surface area contributed by atoms with Gasteiger partial charge >= 0.3 is 0 Å². The normalized spacial score (nSPS) is 10.9. The zero-order valence-electron chi connectivity index (χ0n) is 26.2. The van der Waals surface area contributed by atoms with Gasteiger partial charge in [0.2, 0.25) is 0 Å². The van der Waals surface area contributed by atoms with E-state index in [0.717, 1.165) is 0 Å². The van der Waals surface area contributed by atoms with Crippen LogP contribution in [0.2, 0.25) is 0 Å². The minimum Gasteiger partial charge on any atom is -0.289 e. The van der Waals surface area contributed by atoms with Crippen molar-refractivity contribution in [2.24, 2.45) is 0 Å². The van der Waals surface area contributed by atoms with Gasteiger partial charge in [-0.15, -0.1) is 0 Å². The van der Waals surface area contributed by atoms with Crippen LogP contribution in [0.1, 0.15) is 80.9 Å². The number of carbonyl (C=O) groups excluding carboxylic acids is 4. The van der Waals surface area contributed by atoms with Crippen LogP contribution < -0.4 is 10.9 Å². The number of ketones is 4. The lowest BCUT2D eigenvalue weighted by Crippen LogP contribution is -2.33. The van der Waals surface area contributed by atoms with Crippen LogP contribution in [0, 0.1) is 0 Å². The average Bonchev–Trinajstić information content (AvgIpc) is 3.16. The molecule has 2 N–H and O–H groups in total. The van der Waals surface area contributed by atoms with E-state index >= 15 is 0 Å². The van der Waals surface area contributed by atoms with Crippen molar-refractivity contribution in [3.05, 3.63) is 213 Å². The second-order valence-corrected chi connectivity index (χ2v) is 11.3. The van der Waals surface area contributed by atoms with Crippen LogP contribution in [0.15, 0.2) is 158 Å². The lowest BCUT2D eigenvalue weighted by atomic mass is 9.88. The number of carbonyl (C=O) groups is 4. The molecule has 0 spiro atoms. The topological polar surface area (TPSA) is 92.3 Å². The molecule has 0 saturated heterocycles. The van der Waals surface area contributed by atoms with Crippen molar-refractivity contribution in [2.45, 2.75) is 6.04 Å². The number of hydrogen-bond acceptors (Lipinski definition) is 6. The zero-order chi connectivity index (χ0) is 33.5. The molecule has 0 unspecified atom stereocenters. The monoisotopic (exact) mass is 628 g/mol. The molecule has 0 atom stereocenters. The van der Waals surface area contributed by atoms with E-state index in [4.69, 9.17) is 0 Å². The van der Waals surface area contributed by atoms with Gasteiger partial charge in [-0.1, -0.05) is 121 Å². The Balaban J connectivity index is 1.53. The Morgan fingerprint density at radius 3 is 0.854 bits per heavy atom. The first-order chi connectivity index (χ1) is 23.4. The van der Waals surface area contributed by atoms with Gasteiger partial charge in [0.1, 0.15) is 0 Å². The molecule has 0 aromatic heterocycles. The van der Waals surface area contributed by atoms with Crippen LogP contribution in [-0.4, -0.2) is 30.2 Å². The van der Waals surface area contributed by atoms with E-state index in [1.54, 1.807) is 141 Å². The summed E-state index contributed by atoms with van der Waals surface area (Å²) in [4.78, 5) is 55.2. The van der Waals surface area contributed by atoms with E-state index in [1.165, 1.54) is 0 Å². The minimum absolute atomic E-state index is 0.240. The summed E-state index contributed by atoms with van der Waals surface area (Å²) in [7, 11) is 1.71. The zero-order valence-corrected chi connectivity index (χ0v) is 26.2. The molecule has 0 amide bonds. The van der Waals surface area contributed by atoms with Crippen molar-refractivity contribution >= 4 is 23.1 Å². The van der Waals surface area contributed by atoms with E-state index in [2.05, 4.69) is 10.9 Å². The third-order valence-corrected chi connectivity index (χ3v) is 8.06. The Morgan fingerprint density at radius 1 is 0.375 bits per heavy atom. The van der Waals surface area contributed by atoms with Gasteiger partial charge < -0.3 is 0 Å². The van der Waals surface area contributed by atoms with Crippen molar-refractivity contribution in [3.63, 3.8) is 0 Å². The Bertz CT molecular complexity index is 1800. The Hall–Kier alpha value is -6.08. The molecule has 6 aromatic carbocycles. The molecule has 0 bridgehead atoms. The van der Waals surface area contributed by atoms with Crippen molar-refractivity contribution < 1.29 is 19.2 Å². The number of nitrogens with one attached hydrogen (secondary N) is 2. The first kappa shape index (κ1) is 31.9. The molecule has 234 valence electrons. The maximum absolute atomic E-state index is 13.8. The van der Waals surface area contributed by atoms with Gasteiger partial charge in [0.15, 0.2) is 23.1 Å². The summed E-state index contributed by atoms with van der Waals surface area (Å²) in [5.74, 6) is -0.960. The fourth-order valence-electron chi connectivity index (χ4n) is 5.69. The molecule has 6 aromatic rings. The van der Waals surface area contributed by atoms with E-state index in [1.807, 2.05) is 24.3 Å². The minimum atomic E-state index is -0.674. The van der Waals surface area contributed by atoms with E-state index < -0.39 is 6.04 Å². The smallest absolute Gasteiger partial charge is 0.193 e. The third kappa shape index (κ3) is 7.00. The number of rotatable bonds is 12. The maximum atomic E-state index is 13.8. The second-order valence-electron chi connectivity index (χ2n) is 11.3. The fraction of sp³-hybridized carbons (Fsp3) is 0.0476. The molecule has 0 heterocycles.